The van der Waals surface area contributed by atoms with Gasteiger partial charge < -0.3 is 20.5 Å². The predicted octanol–water partition coefficient (Wildman–Crippen LogP) is 4.11. The molecule has 0 radical (unpaired) electrons. The summed E-state index contributed by atoms with van der Waals surface area (Å²) < 4.78 is 5.45. The zero-order chi connectivity index (χ0) is 27.0. The Bertz CT molecular complexity index is 832. The Morgan fingerprint density at radius 2 is 1.75 bits per heavy atom. The van der Waals surface area contributed by atoms with E-state index in [1.54, 1.807) is 6.08 Å². The van der Waals surface area contributed by atoms with Gasteiger partial charge in [-0.1, -0.05) is 63.3 Å². The molecule has 0 aliphatic heterocycles. The van der Waals surface area contributed by atoms with E-state index in [1.165, 1.54) is 0 Å². The topological polar surface area (TPSA) is 105 Å². The number of aliphatic hydroxyl groups is 1. The van der Waals surface area contributed by atoms with Gasteiger partial charge in [0.25, 0.3) is 0 Å². The lowest BCUT2D eigenvalue weighted by molar-refractivity contribution is -0.146. The lowest BCUT2D eigenvalue weighted by Crippen LogP contribution is -2.50. The highest BCUT2D eigenvalue weighted by Gasteiger charge is 2.31. The van der Waals surface area contributed by atoms with Crippen LogP contribution in [0, 0.1) is 11.3 Å². The van der Waals surface area contributed by atoms with Crippen molar-refractivity contribution in [3.05, 3.63) is 61.2 Å². The van der Waals surface area contributed by atoms with E-state index >= 15 is 0 Å². The molecule has 200 valence electrons. The molecule has 3 atom stereocenters. The third-order valence-electron chi connectivity index (χ3n) is 5.98. The van der Waals surface area contributed by atoms with Gasteiger partial charge in [-0.15, -0.1) is 13.2 Å². The number of hydrogen-bond acceptors (Lipinski definition) is 5. The number of esters is 1. The van der Waals surface area contributed by atoms with Crippen molar-refractivity contribution in [3.63, 3.8) is 0 Å². The summed E-state index contributed by atoms with van der Waals surface area (Å²) in [4.78, 5) is 38.0. The van der Waals surface area contributed by atoms with Gasteiger partial charge in [0.05, 0.1) is 24.6 Å². The molecular weight excluding hydrogens is 456 g/mol. The van der Waals surface area contributed by atoms with Crippen LogP contribution in [-0.2, 0) is 25.5 Å². The van der Waals surface area contributed by atoms with Crippen molar-refractivity contribution in [3.8, 4) is 0 Å². The van der Waals surface area contributed by atoms with Gasteiger partial charge in [-0.3, -0.25) is 14.4 Å². The standard InChI is InChI=1S/C29H44N2O5/c1-6-8-9-13-17-27(34)36-21-25(29(3,4)5)31-28(35)23(14-7-2)19-26(33)30-24(20-32)18-22-15-11-10-12-16-22/h6-7,10-12,15-16,23-25,32H,1-2,8-9,13-14,17-21H2,3-5H3,(H,30,33)(H,31,35)/t23-,24-,25-/m1/s1. The summed E-state index contributed by atoms with van der Waals surface area (Å²) in [5.74, 6) is -1.53. The van der Waals surface area contributed by atoms with Crippen LogP contribution < -0.4 is 10.6 Å². The summed E-state index contributed by atoms with van der Waals surface area (Å²) in [7, 11) is 0. The van der Waals surface area contributed by atoms with Gasteiger partial charge in [0.1, 0.15) is 6.61 Å². The summed E-state index contributed by atoms with van der Waals surface area (Å²) in [6, 6.07) is 8.72. The van der Waals surface area contributed by atoms with E-state index in [-0.39, 0.29) is 42.8 Å². The minimum Gasteiger partial charge on any atom is -0.463 e. The number of carbonyl (C=O) groups is 3. The molecule has 0 spiro atoms. The quantitative estimate of drug-likeness (QED) is 0.170. The number of aliphatic hydroxyl groups excluding tert-OH is 1. The molecular formula is C29H44N2O5. The molecule has 1 rings (SSSR count). The fraction of sp³-hybridized carbons (Fsp3) is 0.552. The monoisotopic (exact) mass is 500 g/mol. The Balaban J connectivity index is 2.70. The first-order chi connectivity index (χ1) is 17.1. The summed E-state index contributed by atoms with van der Waals surface area (Å²) >= 11 is 0. The highest BCUT2D eigenvalue weighted by atomic mass is 16.5. The largest absolute Gasteiger partial charge is 0.463 e. The molecule has 7 nitrogen and oxygen atoms in total. The second kappa shape index (κ2) is 16.7. The molecule has 0 bridgehead atoms. The van der Waals surface area contributed by atoms with E-state index < -0.39 is 18.0 Å². The molecule has 1 aromatic carbocycles. The van der Waals surface area contributed by atoms with E-state index in [9.17, 15) is 19.5 Å². The van der Waals surface area contributed by atoms with Gasteiger partial charge >= 0.3 is 5.97 Å². The molecule has 0 aliphatic carbocycles. The van der Waals surface area contributed by atoms with Crippen molar-refractivity contribution in [1.29, 1.82) is 0 Å². The molecule has 0 aromatic heterocycles. The van der Waals surface area contributed by atoms with Crippen LogP contribution in [0.1, 0.15) is 64.9 Å². The van der Waals surface area contributed by atoms with Crippen molar-refractivity contribution in [1.82, 2.24) is 10.6 Å². The minimum atomic E-state index is -0.627. The number of nitrogens with one attached hydrogen (secondary N) is 2. The molecule has 3 N–H and O–H groups in total. The molecule has 1 aromatic rings. The zero-order valence-corrected chi connectivity index (χ0v) is 22.1. The molecule has 0 saturated carbocycles. The molecule has 0 heterocycles. The average Bonchev–Trinajstić information content (AvgIpc) is 2.83. The molecule has 0 unspecified atom stereocenters. The smallest absolute Gasteiger partial charge is 0.305 e. The third kappa shape index (κ3) is 12.7. The molecule has 0 aliphatic rings. The van der Waals surface area contributed by atoms with Gasteiger partial charge in [0.2, 0.25) is 11.8 Å². The number of amides is 2. The normalized spacial score (nSPS) is 13.7. The van der Waals surface area contributed by atoms with Gasteiger partial charge in [-0.05, 0) is 43.1 Å². The number of carbonyl (C=O) groups excluding carboxylic acids is 3. The maximum absolute atomic E-state index is 13.1. The number of ether oxygens (including phenoxy) is 1. The van der Waals surface area contributed by atoms with Crippen LogP contribution in [0.5, 0.6) is 0 Å². The second-order valence-corrected chi connectivity index (χ2v) is 10.2. The lowest BCUT2D eigenvalue weighted by atomic mass is 9.86. The van der Waals surface area contributed by atoms with Crippen LogP contribution in [-0.4, -0.2) is 48.2 Å². The number of hydrogen-bond donors (Lipinski definition) is 3. The van der Waals surface area contributed by atoms with E-state index in [4.69, 9.17) is 4.74 Å². The van der Waals surface area contributed by atoms with Crippen LogP contribution in [0.4, 0.5) is 0 Å². The van der Waals surface area contributed by atoms with Crippen molar-refractivity contribution in [2.45, 2.75) is 77.8 Å². The Labute approximate surface area is 216 Å². The Morgan fingerprint density at radius 1 is 1.06 bits per heavy atom. The highest BCUT2D eigenvalue weighted by molar-refractivity contribution is 5.86. The summed E-state index contributed by atoms with van der Waals surface area (Å²) in [6.45, 7) is 13.1. The first kappa shape index (κ1) is 31.1. The summed E-state index contributed by atoms with van der Waals surface area (Å²) in [5, 5.41) is 15.5. The molecule has 36 heavy (non-hydrogen) atoms. The first-order valence-corrected chi connectivity index (χ1v) is 12.7. The number of unbranched alkanes of at least 4 members (excludes halogenated alkanes) is 2. The molecule has 0 saturated heterocycles. The van der Waals surface area contributed by atoms with Gasteiger partial charge in [0, 0.05) is 12.8 Å². The first-order valence-electron chi connectivity index (χ1n) is 12.7. The number of allylic oxidation sites excluding steroid dienone is 2. The lowest BCUT2D eigenvalue weighted by Gasteiger charge is -2.32. The molecule has 2 amide bonds. The van der Waals surface area contributed by atoms with Crippen LogP contribution in [0.2, 0.25) is 0 Å². The summed E-state index contributed by atoms with van der Waals surface area (Å²) in [6.07, 6.45) is 7.00. The fourth-order valence-corrected chi connectivity index (χ4v) is 3.66. The van der Waals surface area contributed by atoms with Crippen LogP contribution in [0.25, 0.3) is 0 Å². The average molecular weight is 501 g/mol. The predicted molar refractivity (Wildman–Crippen MR) is 143 cm³/mol. The maximum atomic E-state index is 13.1. The van der Waals surface area contributed by atoms with Crippen molar-refractivity contribution in [2.24, 2.45) is 11.3 Å². The molecule has 7 heteroatoms. The fourth-order valence-electron chi connectivity index (χ4n) is 3.66. The Hall–Kier alpha value is -2.93. The van der Waals surface area contributed by atoms with Crippen LogP contribution in [0.3, 0.4) is 0 Å². The third-order valence-corrected chi connectivity index (χ3v) is 5.98. The maximum Gasteiger partial charge on any atom is 0.305 e. The van der Waals surface area contributed by atoms with Crippen LogP contribution in [0.15, 0.2) is 55.6 Å². The van der Waals surface area contributed by atoms with E-state index in [0.29, 0.717) is 19.3 Å². The van der Waals surface area contributed by atoms with Gasteiger partial charge in [-0.2, -0.15) is 0 Å². The van der Waals surface area contributed by atoms with Gasteiger partial charge in [-0.25, -0.2) is 0 Å². The Morgan fingerprint density at radius 3 is 2.33 bits per heavy atom. The summed E-state index contributed by atoms with van der Waals surface area (Å²) in [5.41, 5.74) is 0.637. The van der Waals surface area contributed by atoms with Crippen LogP contribution >= 0.6 is 0 Å². The van der Waals surface area contributed by atoms with Crippen molar-refractivity contribution < 1.29 is 24.2 Å². The Kier molecular flexibility index (Phi) is 14.4. The highest BCUT2D eigenvalue weighted by Crippen LogP contribution is 2.21. The number of benzene rings is 1. The van der Waals surface area contributed by atoms with Crippen molar-refractivity contribution >= 4 is 17.8 Å². The van der Waals surface area contributed by atoms with E-state index in [0.717, 1.165) is 24.8 Å². The van der Waals surface area contributed by atoms with E-state index in [2.05, 4.69) is 23.8 Å². The van der Waals surface area contributed by atoms with Gasteiger partial charge in [0.15, 0.2) is 0 Å². The van der Waals surface area contributed by atoms with E-state index in [1.807, 2.05) is 57.2 Å². The van der Waals surface area contributed by atoms with Crippen molar-refractivity contribution in [2.75, 3.05) is 13.2 Å². The number of rotatable bonds is 17. The minimum absolute atomic E-state index is 0.0386. The second-order valence-electron chi connectivity index (χ2n) is 10.2. The SMILES string of the molecule is C=CCCCCC(=O)OC[C@@H](NC(=O)[C@H](CC=C)CC(=O)N[C@@H](CO)Cc1ccccc1)C(C)(C)C. The zero-order valence-electron chi connectivity index (χ0n) is 22.1. The molecule has 0 fully saturated rings.